The highest BCUT2D eigenvalue weighted by Gasteiger charge is 2.15. The van der Waals surface area contributed by atoms with E-state index in [2.05, 4.69) is 26.6 Å². The standard InChI is InChI=1S/C20H23BrN2O4S/c1-13(2)27-16-7-5-15(6-8-16)22-20(28)23-19(24)17-12-14(21)4-9-18(17)26-11-10-25-3/h4-9,12-13H,10-11H2,1-3H3,(H2,22,23,24,28). The molecule has 0 bridgehead atoms. The van der Waals surface area contributed by atoms with E-state index in [9.17, 15) is 4.79 Å². The molecule has 0 fully saturated rings. The fourth-order valence-corrected chi connectivity index (χ4v) is 2.83. The summed E-state index contributed by atoms with van der Waals surface area (Å²) >= 11 is 8.62. The third-order valence-corrected chi connectivity index (χ3v) is 4.14. The topological polar surface area (TPSA) is 68.8 Å². The van der Waals surface area contributed by atoms with E-state index in [1.165, 1.54) is 0 Å². The predicted molar refractivity (Wildman–Crippen MR) is 117 cm³/mol. The van der Waals surface area contributed by atoms with Gasteiger partial charge in [-0.1, -0.05) is 15.9 Å². The van der Waals surface area contributed by atoms with Gasteiger partial charge in [0.05, 0.1) is 18.3 Å². The smallest absolute Gasteiger partial charge is 0.261 e. The lowest BCUT2D eigenvalue weighted by molar-refractivity contribution is 0.0969. The van der Waals surface area contributed by atoms with Crippen LogP contribution in [0.3, 0.4) is 0 Å². The zero-order valence-corrected chi connectivity index (χ0v) is 18.4. The second-order valence-electron chi connectivity index (χ2n) is 6.08. The van der Waals surface area contributed by atoms with E-state index in [-0.39, 0.29) is 17.1 Å². The van der Waals surface area contributed by atoms with Gasteiger partial charge in [-0.3, -0.25) is 10.1 Å². The second-order valence-corrected chi connectivity index (χ2v) is 7.40. The van der Waals surface area contributed by atoms with Crippen molar-refractivity contribution in [3.63, 3.8) is 0 Å². The molecule has 0 aliphatic heterocycles. The van der Waals surface area contributed by atoms with Gasteiger partial charge in [-0.2, -0.15) is 0 Å². The van der Waals surface area contributed by atoms with Gasteiger partial charge in [-0.25, -0.2) is 0 Å². The molecule has 2 N–H and O–H groups in total. The Morgan fingerprint density at radius 2 is 1.86 bits per heavy atom. The SMILES string of the molecule is COCCOc1ccc(Br)cc1C(=O)NC(=S)Nc1ccc(OC(C)C)cc1. The number of rotatable bonds is 8. The number of methoxy groups -OCH3 is 1. The fraction of sp³-hybridized carbons (Fsp3) is 0.300. The van der Waals surface area contributed by atoms with Crippen molar-refractivity contribution in [2.24, 2.45) is 0 Å². The number of hydrogen-bond donors (Lipinski definition) is 2. The van der Waals surface area contributed by atoms with Crippen molar-refractivity contribution in [1.29, 1.82) is 0 Å². The average molecular weight is 467 g/mol. The second kappa shape index (κ2) is 11.0. The lowest BCUT2D eigenvalue weighted by Crippen LogP contribution is -2.34. The van der Waals surface area contributed by atoms with Crippen molar-refractivity contribution in [2.45, 2.75) is 20.0 Å². The van der Waals surface area contributed by atoms with Crippen LogP contribution in [0, 0.1) is 0 Å². The first-order valence-electron chi connectivity index (χ1n) is 8.69. The summed E-state index contributed by atoms with van der Waals surface area (Å²) in [4.78, 5) is 12.6. The van der Waals surface area contributed by atoms with Gasteiger partial charge in [0.1, 0.15) is 18.1 Å². The van der Waals surface area contributed by atoms with Gasteiger partial charge < -0.3 is 19.5 Å². The molecule has 1 amide bonds. The number of carbonyl (C=O) groups excluding carboxylic acids is 1. The molecule has 0 aliphatic carbocycles. The first kappa shape index (κ1) is 22.1. The third-order valence-electron chi connectivity index (χ3n) is 3.44. The van der Waals surface area contributed by atoms with Gasteiger partial charge in [0.15, 0.2) is 5.11 Å². The number of halogens is 1. The highest BCUT2D eigenvalue weighted by atomic mass is 79.9. The van der Waals surface area contributed by atoms with Crippen LogP contribution in [0.4, 0.5) is 5.69 Å². The Morgan fingerprint density at radius 1 is 1.14 bits per heavy atom. The monoisotopic (exact) mass is 466 g/mol. The molecule has 0 aliphatic rings. The highest BCUT2D eigenvalue weighted by Crippen LogP contribution is 2.23. The first-order chi connectivity index (χ1) is 13.4. The van der Waals surface area contributed by atoms with E-state index < -0.39 is 0 Å². The maximum Gasteiger partial charge on any atom is 0.261 e. The molecule has 0 spiro atoms. The summed E-state index contributed by atoms with van der Waals surface area (Å²) in [5.41, 5.74) is 1.11. The quantitative estimate of drug-likeness (QED) is 0.444. The number of amides is 1. The largest absolute Gasteiger partial charge is 0.491 e. The first-order valence-corrected chi connectivity index (χ1v) is 9.89. The molecule has 2 rings (SSSR count). The maximum atomic E-state index is 12.6. The van der Waals surface area contributed by atoms with Crippen molar-refractivity contribution < 1.29 is 19.0 Å². The minimum absolute atomic E-state index is 0.102. The van der Waals surface area contributed by atoms with E-state index in [1.807, 2.05) is 38.1 Å². The fourth-order valence-electron chi connectivity index (χ4n) is 2.26. The molecule has 2 aromatic rings. The van der Waals surface area contributed by atoms with Crippen LogP contribution in [-0.4, -0.2) is 37.4 Å². The van der Waals surface area contributed by atoms with Crippen LogP contribution >= 0.6 is 28.1 Å². The van der Waals surface area contributed by atoms with Crippen LogP contribution in [0.25, 0.3) is 0 Å². The lowest BCUT2D eigenvalue weighted by atomic mass is 10.2. The molecule has 0 saturated heterocycles. The van der Waals surface area contributed by atoms with E-state index in [4.69, 9.17) is 26.4 Å². The molecule has 28 heavy (non-hydrogen) atoms. The van der Waals surface area contributed by atoms with Gasteiger partial charge >= 0.3 is 0 Å². The van der Waals surface area contributed by atoms with Gasteiger partial charge in [0.25, 0.3) is 5.91 Å². The normalized spacial score (nSPS) is 10.5. The number of anilines is 1. The van der Waals surface area contributed by atoms with Crippen LogP contribution in [0.1, 0.15) is 24.2 Å². The van der Waals surface area contributed by atoms with Crippen molar-refractivity contribution in [1.82, 2.24) is 5.32 Å². The Labute approximate surface area is 178 Å². The maximum absolute atomic E-state index is 12.6. The molecule has 2 aromatic carbocycles. The van der Waals surface area contributed by atoms with E-state index in [0.29, 0.717) is 24.5 Å². The summed E-state index contributed by atoms with van der Waals surface area (Å²) in [6.45, 7) is 4.69. The van der Waals surface area contributed by atoms with Crippen LogP contribution in [0.2, 0.25) is 0 Å². The van der Waals surface area contributed by atoms with Crippen molar-refractivity contribution in [3.8, 4) is 11.5 Å². The molecule has 0 radical (unpaired) electrons. The summed E-state index contributed by atoms with van der Waals surface area (Å²) in [7, 11) is 1.59. The minimum Gasteiger partial charge on any atom is -0.491 e. The molecular formula is C20H23BrN2O4S. The van der Waals surface area contributed by atoms with Crippen molar-refractivity contribution in [3.05, 3.63) is 52.5 Å². The molecule has 0 atom stereocenters. The van der Waals surface area contributed by atoms with Gasteiger partial charge in [0, 0.05) is 17.3 Å². The number of carbonyl (C=O) groups is 1. The van der Waals surface area contributed by atoms with Gasteiger partial charge in [-0.05, 0) is 68.5 Å². The average Bonchev–Trinajstić information content (AvgIpc) is 2.64. The zero-order chi connectivity index (χ0) is 20.5. The molecule has 0 unspecified atom stereocenters. The molecule has 6 nitrogen and oxygen atoms in total. The molecule has 150 valence electrons. The molecule has 0 heterocycles. The summed E-state index contributed by atoms with van der Waals surface area (Å²) in [6.07, 6.45) is 0.102. The minimum atomic E-state index is -0.369. The number of hydrogen-bond acceptors (Lipinski definition) is 5. The van der Waals surface area contributed by atoms with Crippen LogP contribution in [0.5, 0.6) is 11.5 Å². The Hall–Kier alpha value is -2.16. The van der Waals surface area contributed by atoms with Crippen LogP contribution in [0.15, 0.2) is 46.9 Å². The summed E-state index contributed by atoms with van der Waals surface area (Å²) in [5.74, 6) is 0.851. The highest BCUT2D eigenvalue weighted by molar-refractivity contribution is 9.10. The summed E-state index contributed by atoms with van der Waals surface area (Å²) < 4.78 is 17.0. The molecule has 8 heteroatoms. The summed E-state index contributed by atoms with van der Waals surface area (Å²) in [5, 5.41) is 5.83. The molecule has 0 saturated carbocycles. The summed E-state index contributed by atoms with van der Waals surface area (Å²) in [6, 6.07) is 12.5. The van der Waals surface area contributed by atoms with E-state index >= 15 is 0 Å². The third kappa shape index (κ3) is 7.10. The van der Waals surface area contributed by atoms with Gasteiger partial charge in [-0.15, -0.1) is 0 Å². The molecular weight excluding hydrogens is 444 g/mol. The van der Waals surface area contributed by atoms with E-state index in [0.717, 1.165) is 15.9 Å². The van der Waals surface area contributed by atoms with Crippen molar-refractivity contribution in [2.75, 3.05) is 25.6 Å². The van der Waals surface area contributed by atoms with Gasteiger partial charge in [0.2, 0.25) is 0 Å². The number of benzene rings is 2. The van der Waals surface area contributed by atoms with E-state index in [1.54, 1.807) is 25.3 Å². The Kier molecular flexibility index (Phi) is 8.69. The Balaban J connectivity index is 2.00. The van der Waals surface area contributed by atoms with Crippen LogP contribution < -0.4 is 20.1 Å². The number of thiocarbonyl (C=S) groups is 1. The Bertz CT molecular complexity index is 812. The van der Waals surface area contributed by atoms with Crippen molar-refractivity contribution >= 4 is 44.9 Å². The van der Waals surface area contributed by atoms with Crippen LogP contribution in [-0.2, 0) is 4.74 Å². The number of nitrogens with one attached hydrogen (secondary N) is 2. The predicted octanol–water partition coefficient (Wildman–Crippen LogP) is 4.39. The molecule has 0 aromatic heterocycles. The number of ether oxygens (including phenoxy) is 3. The zero-order valence-electron chi connectivity index (χ0n) is 16.0. The lowest BCUT2D eigenvalue weighted by Gasteiger charge is -2.14. The Morgan fingerprint density at radius 3 is 2.50 bits per heavy atom.